The first-order valence-electron chi connectivity index (χ1n) is 7.23. The van der Waals surface area contributed by atoms with Gasteiger partial charge in [-0.3, -0.25) is 0 Å². The van der Waals surface area contributed by atoms with Crippen LogP contribution in [-0.2, 0) is 19.3 Å². The van der Waals surface area contributed by atoms with Crippen LogP contribution in [0.15, 0.2) is 36.4 Å². The highest BCUT2D eigenvalue weighted by Crippen LogP contribution is 2.35. The summed E-state index contributed by atoms with van der Waals surface area (Å²) in [5, 5.41) is 0. The first kappa shape index (κ1) is 14.1. The van der Waals surface area contributed by atoms with Gasteiger partial charge in [0.15, 0.2) is 0 Å². The molecule has 110 valence electrons. The summed E-state index contributed by atoms with van der Waals surface area (Å²) < 4.78 is 32.1. The van der Waals surface area contributed by atoms with Gasteiger partial charge in [0.1, 0.15) is 5.75 Å². The molecule has 0 atom stereocenters. The largest absolute Gasteiger partial charge is 0.497 e. The number of hydrogen-bond donors (Lipinski definition) is 0. The van der Waals surface area contributed by atoms with E-state index >= 15 is 0 Å². The molecule has 0 aromatic heterocycles. The van der Waals surface area contributed by atoms with Crippen LogP contribution in [-0.4, -0.2) is 7.11 Å². The monoisotopic (exact) mass is 288 g/mol. The van der Waals surface area contributed by atoms with Gasteiger partial charge in [-0.05, 0) is 60.1 Å². The number of rotatable bonds is 4. The van der Waals surface area contributed by atoms with E-state index in [9.17, 15) is 8.78 Å². The van der Waals surface area contributed by atoms with E-state index in [4.69, 9.17) is 4.74 Å². The van der Waals surface area contributed by atoms with E-state index in [2.05, 4.69) is 0 Å². The predicted molar refractivity (Wildman–Crippen MR) is 79.2 cm³/mol. The summed E-state index contributed by atoms with van der Waals surface area (Å²) in [7, 11) is 1.62. The molecular weight excluding hydrogens is 270 g/mol. The number of halogens is 2. The first-order chi connectivity index (χ1) is 10.2. The number of methoxy groups -OCH3 is 1. The van der Waals surface area contributed by atoms with Gasteiger partial charge in [-0.1, -0.05) is 24.3 Å². The minimum absolute atomic E-state index is 0.265. The van der Waals surface area contributed by atoms with Gasteiger partial charge in [-0.15, -0.1) is 0 Å². The van der Waals surface area contributed by atoms with Crippen molar-refractivity contribution in [3.05, 3.63) is 64.2 Å². The Morgan fingerprint density at radius 3 is 2.48 bits per heavy atom. The molecule has 0 unspecified atom stereocenters. The number of aryl methyl sites for hydroxylation is 1. The van der Waals surface area contributed by atoms with Crippen LogP contribution in [0.2, 0.25) is 0 Å². The smallest absolute Gasteiger partial charge is 0.264 e. The highest BCUT2D eigenvalue weighted by Gasteiger charge is 2.23. The van der Waals surface area contributed by atoms with Crippen molar-refractivity contribution in [2.75, 3.05) is 7.11 Å². The lowest BCUT2D eigenvalue weighted by molar-refractivity contribution is 0.149. The van der Waals surface area contributed by atoms with Gasteiger partial charge in [0, 0.05) is 5.56 Å². The summed E-state index contributed by atoms with van der Waals surface area (Å²) in [5.74, 6) is 0.779. The van der Waals surface area contributed by atoms with E-state index in [1.54, 1.807) is 7.11 Å². The SMILES string of the molecule is COc1ccc(Cc2ccc3c(c2C(F)F)CCC3)cc1. The number of ether oxygens (including phenoxy) is 1. The fourth-order valence-corrected chi connectivity index (χ4v) is 3.13. The third-order valence-corrected chi connectivity index (χ3v) is 4.19. The van der Waals surface area contributed by atoms with Gasteiger partial charge in [-0.25, -0.2) is 8.78 Å². The molecule has 2 aromatic rings. The highest BCUT2D eigenvalue weighted by molar-refractivity contribution is 5.46. The lowest BCUT2D eigenvalue weighted by atomic mass is 9.93. The van der Waals surface area contributed by atoms with E-state index in [0.29, 0.717) is 6.42 Å². The summed E-state index contributed by atoms with van der Waals surface area (Å²) in [5.41, 5.74) is 4.02. The van der Waals surface area contributed by atoms with Crippen LogP contribution >= 0.6 is 0 Å². The second-order valence-corrected chi connectivity index (χ2v) is 5.46. The number of benzene rings is 2. The van der Waals surface area contributed by atoms with Crippen LogP contribution in [0.4, 0.5) is 8.78 Å². The Kier molecular flexibility index (Phi) is 3.91. The van der Waals surface area contributed by atoms with Crippen LogP contribution in [0, 0.1) is 0 Å². The van der Waals surface area contributed by atoms with Crippen molar-refractivity contribution in [3.8, 4) is 5.75 Å². The van der Waals surface area contributed by atoms with Crippen LogP contribution in [0.5, 0.6) is 5.75 Å². The van der Waals surface area contributed by atoms with Crippen molar-refractivity contribution in [1.82, 2.24) is 0 Å². The first-order valence-corrected chi connectivity index (χ1v) is 7.23. The van der Waals surface area contributed by atoms with Crippen molar-refractivity contribution in [3.63, 3.8) is 0 Å². The molecule has 1 aliphatic carbocycles. The number of fused-ring (bicyclic) bond motifs is 1. The molecule has 0 N–H and O–H groups in total. The zero-order valence-electron chi connectivity index (χ0n) is 12.0. The Hall–Kier alpha value is -1.90. The molecule has 0 aliphatic heterocycles. The van der Waals surface area contributed by atoms with Crippen molar-refractivity contribution >= 4 is 0 Å². The molecule has 0 fully saturated rings. The van der Waals surface area contributed by atoms with Crippen molar-refractivity contribution < 1.29 is 13.5 Å². The lowest BCUT2D eigenvalue weighted by Gasteiger charge is -2.14. The van der Waals surface area contributed by atoms with Crippen LogP contribution in [0.1, 0.15) is 40.7 Å². The fourth-order valence-electron chi connectivity index (χ4n) is 3.13. The maximum Gasteiger partial charge on any atom is 0.264 e. The van der Waals surface area contributed by atoms with E-state index in [1.165, 1.54) is 0 Å². The van der Waals surface area contributed by atoms with Crippen molar-refractivity contribution in [2.45, 2.75) is 32.1 Å². The Labute approximate surface area is 123 Å². The maximum absolute atomic E-state index is 13.5. The molecule has 3 heteroatoms. The quantitative estimate of drug-likeness (QED) is 0.791. The van der Waals surface area contributed by atoms with Crippen LogP contribution < -0.4 is 4.74 Å². The maximum atomic E-state index is 13.5. The Bertz CT molecular complexity index is 632. The molecule has 0 amide bonds. The molecule has 0 saturated heterocycles. The molecule has 0 bridgehead atoms. The highest BCUT2D eigenvalue weighted by atomic mass is 19.3. The number of alkyl halides is 2. The molecule has 0 heterocycles. The molecular formula is C18H18F2O. The Morgan fingerprint density at radius 1 is 1.05 bits per heavy atom. The minimum Gasteiger partial charge on any atom is -0.497 e. The van der Waals surface area contributed by atoms with Crippen LogP contribution in [0.3, 0.4) is 0 Å². The molecule has 1 aliphatic rings. The fraction of sp³-hybridized carbons (Fsp3) is 0.333. The van der Waals surface area contributed by atoms with Crippen LogP contribution in [0.25, 0.3) is 0 Å². The van der Waals surface area contributed by atoms with Gasteiger partial charge in [0.25, 0.3) is 6.43 Å². The topological polar surface area (TPSA) is 9.23 Å². The van der Waals surface area contributed by atoms with E-state index < -0.39 is 6.43 Å². The summed E-state index contributed by atoms with van der Waals surface area (Å²) >= 11 is 0. The second-order valence-electron chi connectivity index (χ2n) is 5.46. The third kappa shape index (κ3) is 2.78. The zero-order valence-corrected chi connectivity index (χ0v) is 12.0. The molecule has 0 saturated carbocycles. The van der Waals surface area contributed by atoms with E-state index in [1.807, 2.05) is 36.4 Å². The summed E-state index contributed by atoms with van der Waals surface area (Å²) in [6, 6.07) is 11.5. The average Bonchev–Trinajstić information content (AvgIpc) is 2.95. The van der Waals surface area contributed by atoms with Gasteiger partial charge in [0.2, 0.25) is 0 Å². The number of hydrogen-bond acceptors (Lipinski definition) is 1. The molecule has 21 heavy (non-hydrogen) atoms. The van der Waals surface area contributed by atoms with Crippen molar-refractivity contribution in [2.24, 2.45) is 0 Å². The Balaban J connectivity index is 1.94. The standard InChI is InChI=1S/C18H18F2O/c1-21-15-9-5-12(6-10-15)11-14-8-7-13-3-2-4-16(13)17(14)18(19)20/h5-10,18H,2-4,11H2,1H3. The normalized spacial score (nSPS) is 13.5. The van der Waals surface area contributed by atoms with Crippen molar-refractivity contribution in [1.29, 1.82) is 0 Å². The molecule has 0 spiro atoms. The van der Waals surface area contributed by atoms with Gasteiger partial charge in [0.05, 0.1) is 7.11 Å². The molecule has 3 rings (SSSR count). The zero-order chi connectivity index (χ0) is 14.8. The summed E-state index contributed by atoms with van der Waals surface area (Å²) in [4.78, 5) is 0. The second kappa shape index (κ2) is 5.84. The van der Waals surface area contributed by atoms with E-state index in [0.717, 1.165) is 47.3 Å². The Morgan fingerprint density at radius 2 is 1.81 bits per heavy atom. The van der Waals surface area contributed by atoms with Gasteiger partial charge in [-0.2, -0.15) is 0 Å². The predicted octanol–water partition coefficient (Wildman–Crippen LogP) is 4.71. The van der Waals surface area contributed by atoms with Gasteiger partial charge < -0.3 is 4.74 Å². The summed E-state index contributed by atoms with van der Waals surface area (Å²) in [6.07, 6.45) is 0.840. The average molecular weight is 288 g/mol. The van der Waals surface area contributed by atoms with E-state index in [-0.39, 0.29) is 5.56 Å². The molecule has 2 aromatic carbocycles. The lowest BCUT2D eigenvalue weighted by Crippen LogP contribution is -2.02. The molecule has 1 nitrogen and oxygen atoms in total. The minimum atomic E-state index is -2.40. The third-order valence-electron chi connectivity index (χ3n) is 4.19. The van der Waals surface area contributed by atoms with Gasteiger partial charge >= 0.3 is 0 Å². The summed E-state index contributed by atoms with van der Waals surface area (Å²) in [6.45, 7) is 0. The molecule has 0 radical (unpaired) electrons.